The average Bonchev–Trinajstić information content (AvgIpc) is 3.50. The van der Waals surface area contributed by atoms with E-state index in [4.69, 9.17) is 22.8 Å². The van der Waals surface area contributed by atoms with Crippen molar-refractivity contribution < 1.29 is 41.7 Å². The highest BCUT2D eigenvalue weighted by Gasteiger charge is 2.38. The fraction of sp³-hybridized carbons (Fsp3) is 1.00. The van der Waals surface area contributed by atoms with E-state index in [9.17, 15) is 18.9 Å². The molecular weight excluding hydrogens is 622 g/mol. The number of rotatable bonds is 21. The Morgan fingerprint density at radius 1 is 0.667 bits per heavy atom. The molecule has 2 heterocycles. The molecule has 0 spiro atoms. The van der Waals surface area contributed by atoms with E-state index in [1.54, 1.807) is 6.92 Å². The standard InChI is InChI=1S/C30H64N4O9P2/c1-20(2)31-26-12-28(33(14-26)22(5)6)17-40-44(35,36)39-16-25(11)30(43-24(9)10)19-42-45(37,38)41-18-29-13-27(32-21(3)4)15-34(29)23(7)8/h20-32H,12-19H2,1-11H3,(H,35,36)(H,37,38). The molecular formula is C30H64N4O9P2. The molecule has 13 nitrogen and oxygen atoms in total. The van der Waals surface area contributed by atoms with Crippen molar-refractivity contribution in [3.8, 4) is 0 Å². The highest BCUT2D eigenvalue weighted by Crippen LogP contribution is 2.46. The van der Waals surface area contributed by atoms with Gasteiger partial charge in [-0.15, -0.1) is 0 Å². The molecule has 0 bridgehead atoms. The molecule has 0 saturated carbocycles. The molecule has 0 aromatic heterocycles. The lowest BCUT2D eigenvalue weighted by Crippen LogP contribution is -2.40. The van der Waals surface area contributed by atoms with Crippen molar-refractivity contribution in [1.82, 2.24) is 20.4 Å². The first kappa shape index (κ1) is 41.2. The van der Waals surface area contributed by atoms with Crippen LogP contribution in [0, 0.1) is 5.92 Å². The number of hydrogen-bond donors (Lipinski definition) is 4. The lowest BCUT2D eigenvalue weighted by atomic mass is 10.1. The third-order valence-corrected chi connectivity index (χ3v) is 10.1. The minimum Gasteiger partial charge on any atom is -0.373 e. The zero-order valence-electron chi connectivity index (χ0n) is 29.5. The van der Waals surface area contributed by atoms with Gasteiger partial charge in [0.15, 0.2) is 0 Å². The van der Waals surface area contributed by atoms with Gasteiger partial charge in [-0.25, -0.2) is 9.13 Å². The van der Waals surface area contributed by atoms with Crippen molar-refractivity contribution >= 4 is 15.6 Å². The smallest absolute Gasteiger partial charge is 0.373 e. The van der Waals surface area contributed by atoms with Gasteiger partial charge < -0.3 is 25.2 Å². The Bertz CT molecular complexity index is 958. The Hall–Kier alpha value is 0.0200. The van der Waals surface area contributed by atoms with Gasteiger partial charge in [-0.3, -0.25) is 27.9 Å². The van der Waals surface area contributed by atoms with Crippen LogP contribution in [0.2, 0.25) is 0 Å². The molecule has 2 saturated heterocycles. The van der Waals surface area contributed by atoms with Crippen molar-refractivity contribution in [2.75, 3.05) is 39.5 Å². The summed E-state index contributed by atoms with van der Waals surface area (Å²) >= 11 is 0. The first-order valence-corrected chi connectivity index (χ1v) is 19.7. The highest BCUT2D eigenvalue weighted by molar-refractivity contribution is 7.47. The topological polar surface area (TPSA) is 151 Å². The SMILES string of the molecule is CC(C)NC1CC(COP(=O)(O)OCC(C)C(COP(=O)(O)OCC2CC(NC(C)C)CN2C(C)C)OC(C)C)N(C(C)C)C1. The maximum atomic E-state index is 12.9. The number of hydrogen-bond acceptors (Lipinski definition) is 11. The lowest BCUT2D eigenvalue weighted by molar-refractivity contribution is -0.0618. The van der Waals surface area contributed by atoms with Crippen molar-refractivity contribution in [1.29, 1.82) is 0 Å². The van der Waals surface area contributed by atoms with Crippen LogP contribution in [-0.4, -0.2) is 120 Å². The third kappa shape index (κ3) is 15.0. The molecule has 0 aromatic carbocycles. The lowest BCUT2D eigenvalue weighted by Gasteiger charge is -2.30. The number of nitrogens with one attached hydrogen (secondary N) is 2. The predicted octanol–water partition coefficient (Wildman–Crippen LogP) is 4.38. The quantitative estimate of drug-likeness (QED) is 0.127. The molecule has 4 N–H and O–H groups in total. The molecule has 45 heavy (non-hydrogen) atoms. The summed E-state index contributed by atoms with van der Waals surface area (Å²) in [6.07, 6.45) is 0.696. The normalized spacial score (nSPS) is 27.7. The van der Waals surface area contributed by atoms with Crippen molar-refractivity contribution in [2.45, 2.75) is 150 Å². The average molecular weight is 687 g/mol. The van der Waals surface area contributed by atoms with Crippen molar-refractivity contribution in [3.63, 3.8) is 0 Å². The van der Waals surface area contributed by atoms with Gasteiger partial charge in [0, 0.05) is 67.3 Å². The molecule has 8 unspecified atom stereocenters. The van der Waals surface area contributed by atoms with Crippen LogP contribution in [-0.2, 0) is 32.0 Å². The van der Waals surface area contributed by atoms with E-state index in [2.05, 4.69) is 75.8 Å². The van der Waals surface area contributed by atoms with Crippen LogP contribution in [0.3, 0.4) is 0 Å². The summed E-state index contributed by atoms with van der Waals surface area (Å²) in [5.74, 6) is -0.455. The molecule has 8 atom stereocenters. The van der Waals surface area contributed by atoms with Crippen LogP contribution in [0.1, 0.15) is 89.0 Å². The molecule has 0 aromatic rings. The molecule has 2 fully saturated rings. The molecule has 15 heteroatoms. The first-order valence-electron chi connectivity index (χ1n) is 16.7. The largest absolute Gasteiger partial charge is 0.472 e. The fourth-order valence-electron chi connectivity index (χ4n) is 6.27. The van der Waals surface area contributed by atoms with Crippen LogP contribution in [0.25, 0.3) is 0 Å². The Balaban J connectivity index is 1.89. The van der Waals surface area contributed by atoms with E-state index in [1.807, 2.05) is 13.8 Å². The summed E-state index contributed by atoms with van der Waals surface area (Å²) in [6.45, 7) is 23.6. The number of nitrogens with zero attached hydrogens (tertiary/aromatic N) is 2. The van der Waals surface area contributed by atoms with E-state index >= 15 is 0 Å². The monoisotopic (exact) mass is 686 g/mol. The molecule has 0 radical (unpaired) electrons. The van der Waals surface area contributed by atoms with E-state index in [0.717, 1.165) is 25.9 Å². The maximum Gasteiger partial charge on any atom is 0.472 e. The summed E-state index contributed by atoms with van der Waals surface area (Å²) in [6, 6.07) is 1.75. The van der Waals surface area contributed by atoms with Crippen molar-refractivity contribution in [2.24, 2.45) is 5.92 Å². The number of ether oxygens (including phenoxy) is 1. The van der Waals surface area contributed by atoms with E-state index in [-0.39, 0.29) is 68.8 Å². The second-order valence-corrected chi connectivity index (χ2v) is 17.1. The minimum atomic E-state index is -4.40. The molecule has 0 aliphatic carbocycles. The Labute approximate surface area is 272 Å². The highest BCUT2D eigenvalue weighted by atomic mass is 31.2. The van der Waals surface area contributed by atoms with E-state index in [1.165, 1.54) is 0 Å². The first-order chi connectivity index (χ1) is 20.8. The van der Waals surface area contributed by atoms with Gasteiger partial charge in [-0.2, -0.15) is 0 Å². The minimum absolute atomic E-state index is 0.0129. The maximum absolute atomic E-state index is 12.9. The number of phosphoric ester groups is 2. The molecule has 2 aliphatic heterocycles. The fourth-order valence-corrected chi connectivity index (χ4v) is 7.90. The summed E-state index contributed by atoms with van der Waals surface area (Å²) in [5.41, 5.74) is 0. The van der Waals surface area contributed by atoms with Crippen molar-refractivity contribution in [3.05, 3.63) is 0 Å². The van der Waals surface area contributed by atoms with Crippen LogP contribution >= 0.6 is 15.6 Å². The van der Waals surface area contributed by atoms with E-state index in [0.29, 0.717) is 12.1 Å². The number of phosphoric acid groups is 2. The van der Waals surface area contributed by atoms with Crippen LogP contribution < -0.4 is 10.6 Å². The summed E-state index contributed by atoms with van der Waals surface area (Å²) in [5, 5.41) is 7.09. The zero-order valence-corrected chi connectivity index (χ0v) is 31.3. The van der Waals surface area contributed by atoms with Crippen LogP contribution in [0.5, 0.6) is 0 Å². The molecule has 268 valence electrons. The third-order valence-electron chi connectivity index (χ3n) is 8.22. The summed E-state index contributed by atoms with van der Waals surface area (Å²) in [7, 11) is -8.76. The number of likely N-dealkylation sites (tertiary alicyclic amines) is 2. The van der Waals surface area contributed by atoms with Gasteiger partial charge in [-0.1, -0.05) is 34.6 Å². The zero-order chi connectivity index (χ0) is 34.1. The van der Waals surface area contributed by atoms with Gasteiger partial charge in [0.25, 0.3) is 0 Å². The van der Waals surface area contributed by atoms with Crippen LogP contribution in [0.15, 0.2) is 0 Å². The van der Waals surface area contributed by atoms with Gasteiger partial charge in [-0.05, 0) is 54.4 Å². The summed E-state index contributed by atoms with van der Waals surface area (Å²) in [4.78, 5) is 25.5. The Morgan fingerprint density at radius 3 is 1.42 bits per heavy atom. The van der Waals surface area contributed by atoms with Gasteiger partial charge in [0.2, 0.25) is 0 Å². The molecule has 0 amide bonds. The van der Waals surface area contributed by atoms with Gasteiger partial charge in [0.1, 0.15) is 0 Å². The van der Waals surface area contributed by atoms with Gasteiger partial charge in [0.05, 0.1) is 38.6 Å². The molecule has 2 rings (SSSR count). The Morgan fingerprint density at radius 2 is 1.07 bits per heavy atom. The van der Waals surface area contributed by atoms with E-state index < -0.39 is 27.7 Å². The summed E-state index contributed by atoms with van der Waals surface area (Å²) < 4.78 is 53.3. The van der Waals surface area contributed by atoms with Crippen LogP contribution in [0.4, 0.5) is 0 Å². The molecule has 2 aliphatic rings. The second-order valence-electron chi connectivity index (χ2n) is 14.2. The van der Waals surface area contributed by atoms with Gasteiger partial charge >= 0.3 is 15.6 Å². The Kier molecular flexibility index (Phi) is 17.1. The second kappa shape index (κ2) is 18.7. The predicted molar refractivity (Wildman–Crippen MR) is 177 cm³/mol.